The Kier molecular flexibility index (Phi) is 6.03. The largest absolute Gasteiger partial charge is 0.491 e. The van der Waals surface area contributed by atoms with Crippen molar-refractivity contribution >= 4 is 28.6 Å². The quantitative estimate of drug-likeness (QED) is 0.397. The molecular weight excluding hydrogens is 406 g/mol. The van der Waals surface area contributed by atoms with Gasteiger partial charge in [-0.05, 0) is 50.2 Å². The molecule has 32 heavy (non-hydrogen) atoms. The second-order valence-corrected chi connectivity index (χ2v) is 7.33. The molecule has 0 aliphatic carbocycles. The number of aromatic nitrogens is 2. The van der Waals surface area contributed by atoms with Crippen molar-refractivity contribution in [3.63, 3.8) is 0 Å². The molecule has 0 unspecified atom stereocenters. The van der Waals surface area contributed by atoms with Crippen LogP contribution in [0, 0.1) is 0 Å². The van der Waals surface area contributed by atoms with Gasteiger partial charge in [0.15, 0.2) is 0 Å². The molecule has 1 aromatic heterocycles. The number of amides is 2. The summed E-state index contributed by atoms with van der Waals surface area (Å²) >= 11 is 0. The number of nitrogens with one attached hydrogen (secondary N) is 3. The molecule has 162 valence electrons. The van der Waals surface area contributed by atoms with Crippen molar-refractivity contribution in [2.24, 2.45) is 0 Å². The lowest BCUT2D eigenvalue weighted by Crippen LogP contribution is -2.36. The normalized spacial score (nSPS) is 10.7. The van der Waals surface area contributed by atoms with Gasteiger partial charge in [-0.1, -0.05) is 36.4 Å². The van der Waals surface area contributed by atoms with E-state index in [-0.39, 0.29) is 17.6 Å². The highest BCUT2D eigenvalue weighted by molar-refractivity contribution is 5.90. The van der Waals surface area contributed by atoms with Crippen LogP contribution in [0.1, 0.15) is 13.8 Å². The molecule has 2 amide bonds. The third kappa shape index (κ3) is 4.70. The van der Waals surface area contributed by atoms with Crippen molar-refractivity contribution in [2.45, 2.75) is 20.0 Å². The van der Waals surface area contributed by atoms with Crippen molar-refractivity contribution in [1.29, 1.82) is 0 Å². The summed E-state index contributed by atoms with van der Waals surface area (Å²) in [5, 5.41) is 3.17. The predicted octanol–water partition coefficient (Wildman–Crippen LogP) is 4.32. The van der Waals surface area contributed by atoms with E-state index < -0.39 is 6.03 Å². The number of para-hydroxylation sites is 2. The fraction of sp³-hybridized carbons (Fsp3) is 0.125. The lowest BCUT2D eigenvalue weighted by Gasteiger charge is -2.17. The highest BCUT2D eigenvalue weighted by atomic mass is 16.5. The van der Waals surface area contributed by atoms with E-state index in [0.29, 0.717) is 28.0 Å². The van der Waals surface area contributed by atoms with Crippen molar-refractivity contribution in [1.82, 2.24) is 15.0 Å². The van der Waals surface area contributed by atoms with Crippen LogP contribution in [0.25, 0.3) is 16.6 Å². The first-order valence-electron chi connectivity index (χ1n) is 10.2. The van der Waals surface area contributed by atoms with E-state index in [1.54, 1.807) is 54.6 Å². The monoisotopic (exact) mass is 429 g/mol. The molecule has 0 aliphatic rings. The third-order valence-electron chi connectivity index (χ3n) is 4.54. The Bertz CT molecular complexity index is 1300. The minimum Gasteiger partial charge on any atom is -0.491 e. The van der Waals surface area contributed by atoms with Crippen LogP contribution in [0.4, 0.5) is 16.4 Å². The fourth-order valence-corrected chi connectivity index (χ4v) is 3.22. The predicted molar refractivity (Wildman–Crippen MR) is 125 cm³/mol. The summed E-state index contributed by atoms with van der Waals surface area (Å²) in [4.78, 5) is 30.2. The maximum Gasteiger partial charge on any atom is 0.337 e. The Morgan fingerprint density at radius 1 is 0.969 bits per heavy atom. The van der Waals surface area contributed by atoms with Gasteiger partial charge >= 0.3 is 6.03 Å². The highest BCUT2D eigenvalue weighted by Crippen LogP contribution is 2.21. The number of carbonyl (C=O) groups is 1. The number of anilines is 2. The van der Waals surface area contributed by atoms with Crippen molar-refractivity contribution < 1.29 is 9.53 Å². The Morgan fingerprint density at radius 3 is 2.50 bits per heavy atom. The molecule has 0 radical (unpaired) electrons. The van der Waals surface area contributed by atoms with Crippen molar-refractivity contribution in [3.8, 4) is 11.4 Å². The molecule has 0 atom stereocenters. The van der Waals surface area contributed by atoms with E-state index in [4.69, 9.17) is 4.74 Å². The molecule has 8 heteroatoms. The smallest absolute Gasteiger partial charge is 0.337 e. The van der Waals surface area contributed by atoms with Gasteiger partial charge in [-0.2, -0.15) is 0 Å². The van der Waals surface area contributed by atoms with Gasteiger partial charge in [0.2, 0.25) is 5.95 Å². The SMILES string of the molecule is CC(C)Oc1cccc(-n2c(NNC(=O)Nc3ccccc3)nc3ccccc3c2=O)c1. The summed E-state index contributed by atoms with van der Waals surface area (Å²) in [6.07, 6.45) is -0.0161. The zero-order valence-electron chi connectivity index (χ0n) is 17.7. The fourth-order valence-electron chi connectivity index (χ4n) is 3.22. The van der Waals surface area contributed by atoms with Crippen LogP contribution in [0.5, 0.6) is 5.75 Å². The van der Waals surface area contributed by atoms with Gasteiger partial charge < -0.3 is 10.1 Å². The van der Waals surface area contributed by atoms with Crippen molar-refractivity contribution in [2.75, 3.05) is 10.7 Å². The Morgan fingerprint density at radius 2 is 1.72 bits per heavy atom. The lowest BCUT2D eigenvalue weighted by molar-refractivity contribution is 0.242. The van der Waals surface area contributed by atoms with Crippen molar-refractivity contribution in [3.05, 3.63) is 89.2 Å². The Labute approximate surface area is 184 Å². The zero-order valence-corrected chi connectivity index (χ0v) is 17.7. The van der Waals surface area contributed by atoms with Gasteiger partial charge in [-0.3, -0.25) is 10.2 Å². The lowest BCUT2D eigenvalue weighted by atomic mass is 10.2. The maximum atomic E-state index is 13.3. The number of hydrazine groups is 1. The first kappa shape index (κ1) is 20.9. The molecule has 0 fully saturated rings. The van der Waals surface area contributed by atoms with E-state index in [0.717, 1.165) is 0 Å². The molecule has 1 heterocycles. The summed E-state index contributed by atoms with van der Waals surface area (Å²) < 4.78 is 7.17. The number of rotatable bonds is 6. The molecule has 8 nitrogen and oxygen atoms in total. The third-order valence-corrected chi connectivity index (χ3v) is 4.54. The van der Waals surface area contributed by atoms with Crippen LogP contribution in [0.15, 0.2) is 83.7 Å². The molecule has 4 rings (SSSR count). The molecule has 0 bridgehead atoms. The molecule has 0 saturated carbocycles. The van der Waals surface area contributed by atoms with E-state index in [9.17, 15) is 9.59 Å². The number of ether oxygens (including phenoxy) is 1. The van der Waals surface area contributed by atoms with Gasteiger partial charge in [0, 0.05) is 11.8 Å². The maximum absolute atomic E-state index is 13.3. The molecule has 3 aromatic carbocycles. The summed E-state index contributed by atoms with van der Waals surface area (Å²) in [6, 6.07) is 22.7. The molecule has 4 aromatic rings. The molecular formula is C24H23N5O3. The first-order chi connectivity index (χ1) is 15.5. The minimum absolute atomic E-state index is 0.0161. The number of carbonyl (C=O) groups excluding carboxylic acids is 1. The van der Waals surface area contributed by atoms with E-state index in [2.05, 4.69) is 21.2 Å². The second-order valence-electron chi connectivity index (χ2n) is 7.33. The van der Waals surface area contributed by atoms with Crippen LogP contribution < -0.4 is 26.5 Å². The Hall–Kier alpha value is -4.33. The average Bonchev–Trinajstić information content (AvgIpc) is 2.78. The summed E-state index contributed by atoms with van der Waals surface area (Å²) in [6.45, 7) is 3.86. The number of hydrogen-bond acceptors (Lipinski definition) is 5. The van der Waals surface area contributed by atoms with E-state index in [1.807, 2.05) is 38.1 Å². The summed E-state index contributed by atoms with van der Waals surface area (Å²) in [5.74, 6) is 0.789. The number of benzene rings is 3. The van der Waals surface area contributed by atoms with Crippen LogP contribution in [0.3, 0.4) is 0 Å². The summed E-state index contributed by atoms with van der Waals surface area (Å²) in [5.41, 5.74) is 6.74. The van der Waals surface area contributed by atoms with Gasteiger partial charge in [-0.25, -0.2) is 19.8 Å². The Balaban J connectivity index is 1.70. The van der Waals surface area contributed by atoms with Crippen LogP contribution in [-0.4, -0.2) is 21.7 Å². The molecule has 0 spiro atoms. The van der Waals surface area contributed by atoms with Crippen LogP contribution in [0.2, 0.25) is 0 Å². The number of hydrogen-bond donors (Lipinski definition) is 3. The average molecular weight is 429 g/mol. The molecule has 0 aliphatic heterocycles. The number of fused-ring (bicyclic) bond motifs is 1. The van der Waals surface area contributed by atoms with Gasteiger partial charge in [-0.15, -0.1) is 0 Å². The van der Waals surface area contributed by atoms with Crippen LogP contribution in [-0.2, 0) is 0 Å². The van der Waals surface area contributed by atoms with E-state index >= 15 is 0 Å². The summed E-state index contributed by atoms with van der Waals surface area (Å²) in [7, 11) is 0. The van der Waals surface area contributed by atoms with Gasteiger partial charge in [0.1, 0.15) is 5.75 Å². The van der Waals surface area contributed by atoms with Gasteiger partial charge in [0.05, 0.1) is 22.7 Å². The van der Waals surface area contributed by atoms with Gasteiger partial charge in [0.25, 0.3) is 5.56 Å². The molecule has 0 saturated heterocycles. The number of nitrogens with zero attached hydrogens (tertiary/aromatic N) is 2. The second kappa shape index (κ2) is 9.22. The standard InChI is InChI=1S/C24H23N5O3/c1-16(2)32-19-12-8-11-18(15-19)29-22(30)20-13-6-7-14-21(20)26-23(29)27-28-24(31)25-17-9-4-3-5-10-17/h3-16H,1-2H3,(H,26,27)(H2,25,28,31). The highest BCUT2D eigenvalue weighted by Gasteiger charge is 2.14. The number of urea groups is 1. The zero-order chi connectivity index (χ0) is 22.5. The topological polar surface area (TPSA) is 97.3 Å². The first-order valence-corrected chi connectivity index (χ1v) is 10.2. The molecule has 3 N–H and O–H groups in total. The van der Waals surface area contributed by atoms with E-state index in [1.165, 1.54) is 4.57 Å². The van der Waals surface area contributed by atoms with Crippen LogP contribution >= 0.6 is 0 Å². The minimum atomic E-state index is -0.498.